The van der Waals surface area contributed by atoms with Gasteiger partial charge in [-0.05, 0) is 30.5 Å². The van der Waals surface area contributed by atoms with Crippen molar-refractivity contribution in [2.24, 2.45) is 0 Å². The molecule has 0 amide bonds. The minimum absolute atomic E-state index is 0.0418. The molecular weight excluding hydrogens is 342 g/mol. The van der Waals surface area contributed by atoms with Gasteiger partial charge in [0.1, 0.15) is 11.4 Å². The summed E-state index contributed by atoms with van der Waals surface area (Å²) in [4.78, 5) is 13.0. The first kappa shape index (κ1) is 15.4. The van der Waals surface area contributed by atoms with Gasteiger partial charge in [0, 0.05) is 12.1 Å². The molecule has 3 heterocycles. The van der Waals surface area contributed by atoms with Gasteiger partial charge in [-0.2, -0.15) is 0 Å². The summed E-state index contributed by atoms with van der Waals surface area (Å²) < 4.78 is 7.26. The second-order valence-corrected chi connectivity index (χ2v) is 7.66. The van der Waals surface area contributed by atoms with E-state index in [9.17, 15) is 4.79 Å². The number of carbonyl (C=O) groups is 1. The Kier molecular flexibility index (Phi) is 4.12. The Balaban J connectivity index is 1.76. The fourth-order valence-electron chi connectivity index (χ4n) is 2.66. The fourth-order valence-corrected chi connectivity index (χ4v) is 4.52. The lowest BCUT2D eigenvalue weighted by atomic mass is 10.3. The predicted octanol–water partition coefficient (Wildman–Crippen LogP) is 3.79. The van der Waals surface area contributed by atoms with Crippen LogP contribution >= 0.6 is 23.1 Å². The molecule has 5 nitrogen and oxygen atoms in total. The zero-order valence-corrected chi connectivity index (χ0v) is 14.6. The number of nitrogens with zero attached hydrogens (tertiary/aromatic N) is 3. The molecule has 7 heteroatoms. The van der Waals surface area contributed by atoms with E-state index in [0.29, 0.717) is 11.6 Å². The van der Waals surface area contributed by atoms with E-state index >= 15 is 0 Å². The average molecular weight is 357 g/mol. The quantitative estimate of drug-likeness (QED) is 0.665. The first-order valence-electron chi connectivity index (χ1n) is 7.64. The highest BCUT2D eigenvalue weighted by atomic mass is 32.2. The van der Waals surface area contributed by atoms with Crippen LogP contribution in [-0.4, -0.2) is 32.1 Å². The van der Waals surface area contributed by atoms with Gasteiger partial charge >= 0.3 is 5.97 Å². The van der Waals surface area contributed by atoms with Crippen LogP contribution in [0.4, 0.5) is 0 Å². The van der Waals surface area contributed by atoms with Gasteiger partial charge in [0.25, 0.3) is 0 Å². The standard InChI is InChI=1S/C17H15N3O2S2/c1-11-10-14(16(21)22-11)24-17-19-18-15(13-8-5-9-23-13)20(17)12-6-3-2-4-7-12/h2-9,11,14H,10H2,1H3/t11-,14-/m0/s1. The second-order valence-electron chi connectivity index (χ2n) is 5.54. The first-order valence-corrected chi connectivity index (χ1v) is 9.40. The molecule has 1 aromatic carbocycles. The van der Waals surface area contributed by atoms with E-state index in [2.05, 4.69) is 10.2 Å². The number of hydrogen-bond donors (Lipinski definition) is 0. The molecule has 24 heavy (non-hydrogen) atoms. The zero-order chi connectivity index (χ0) is 16.5. The molecule has 1 fully saturated rings. The van der Waals surface area contributed by atoms with Crippen LogP contribution in [0.3, 0.4) is 0 Å². The molecule has 2 aromatic heterocycles. The van der Waals surface area contributed by atoms with Gasteiger partial charge in [-0.25, -0.2) is 0 Å². The van der Waals surface area contributed by atoms with Crippen molar-refractivity contribution in [2.75, 3.05) is 0 Å². The summed E-state index contributed by atoms with van der Waals surface area (Å²) in [7, 11) is 0. The van der Waals surface area contributed by atoms with E-state index in [4.69, 9.17) is 4.74 Å². The molecule has 1 aliphatic rings. The molecule has 0 spiro atoms. The van der Waals surface area contributed by atoms with Crippen LogP contribution in [0.5, 0.6) is 0 Å². The Morgan fingerprint density at radius 2 is 2.04 bits per heavy atom. The van der Waals surface area contributed by atoms with Crippen molar-refractivity contribution in [2.45, 2.75) is 29.9 Å². The van der Waals surface area contributed by atoms with Crippen LogP contribution in [0.1, 0.15) is 13.3 Å². The molecule has 2 atom stereocenters. The van der Waals surface area contributed by atoms with Crippen molar-refractivity contribution in [3.8, 4) is 16.4 Å². The minimum Gasteiger partial charge on any atom is -0.462 e. The maximum atomic E-state index is 12.0. The largest absolute Gasteiger partial charge is 0.462 e. The Bertz CT molecular complexity index is 846. The third-order valence-electron chi connectivity index (χ3n) is 3.76. The Morgan fingerprint density at radius 3 is 2.71 bits per heavy atom. The summed E-state index contributed by atoms with van der Waals surface area (Å²) in [5, 5.41) is 11.2. The predicted molar refractivity (Wildman–Crippen MR) is 94.5 cm³/mol. The molecule has 0 radical (unpaired) electrons. The van der Waals surface area contributed by atoms with Gasteiger partial charge < -0.3 is 4.74 Å². The molecule has 0 aliphatic carbocycles. The molecule has 0 N–H and O–H groups in total. The monoisotopic (exact) mass is 357 g/mol. The Labute approximate surface area is 147 Å². The number of aromatic nitrogens is 3. The van der Waals surface area contributed by atoms with Crippen molar-refractivity contribution < 1.29 is 9.53 Å². The van der Waals surface area contributed by atoms with Gasteiger partial charge in [0.2, 0.25) is 0 Å². The maximum Gasteiger partial charge on any atom is 0.319 e. The van der Waals surface area contributed by atoms with Crippen molar-refractivity contribution in [3.05, 3.63) is 47.8 Å². The first-order chi connectivity index (χ1) is 11.7. The molecule has 0 unspecified atom stereocenters. The smallest absolute Gasteiger partial charge is 0.319 e. The molecule has 4 rings (SSSR count). The Morgan fingerprint density at radius 1 is 1.21 bits per heavy atom. The summed E-state index contributed by atoms with van der Waals surface area (Å²) in [5.74, 6) is 0.617. The zero-order valence-electron chi connectivity index (χ0n) is 13.0. The number of carbonyl (C=O) groups excluding carboxylic acids is 1. The van der Waals surface area contributed by atoms with Gasteiger partial charge in [0.15, 0.2) is 11.0 Å². The number of para-hydroxylation sites is 1. The third kappa shape index (κ3) is 2.85. The normalized spacial score (nSPS) is 20.3. The Hall–Kier alpha value is -2.12. The van der Waals surface area contributed by atoms with E-state index in [1.165, 1.54) is 11.8 Å². The van der Waals surface area contributed by atoms with Crippen LogP contribution in [0, 0.1) is 0 Å². The summed E-state index contributed by atoms with van der Waals surface area (Å²) in [5.41, 5.74) is 0.979. The number of ether oxygens (including phenoxy) is 1. The lowest BCUT2D eigenvalue weighted by Crippen LogP contribution is -2.11. The van der Waals surface area contributed by atoms with Gasteiger partial charge in [-0.1, -0.05) is 36.0 Å². The molecule has 1 saturated heterocycles. The highest BCUT2D eigenvalue weighted by Gasteiger charge is 2.34. The van der Waals surface area contributed by atoms with Crippen molar-refractivity contribution in [3.63, 3.8) is 0 Å². The summed E-state index contributed by atoms with van der Waals surface area (Å²) in [6.07, 6.45) is 0.652. The highest BCUT2D eigenvalue weighted by Crippen LogP contribution is 2.35. The minimum atomic E-state index is -0.233. The number of cyclic esters (lactones) is 1. The molecule has 0 bridgehead atoms. The van der Waals surface area contributed by atoms with Crippen LogP contribution in [0.15, 0.2) is 53.0 Å². The molecular formula is C17H15N3O2S2. The number of thiophene rings is 1. The summed E-state index contributed by atoms with van der Waals surface area (Å²) in [6, 6.07) is 14.0. The summed E-state index contributed by atoms with van der Waals surface area (Å²) in [6.45, 7) is 1.91. The second kappa shape index (κ2) is 6.41. The number of hydrogen-bond acceptors (Lipinski definition) is 6. The lowest BCUT2D eigenvalue weighted by molar-refractivity contribution is -0.140. The van der Waals surface area contributed by atoms with Gasteiger partial charge in [0.05, 0.1) is 4.88 Å². The number of thioether (sulfide) groups is 1. The number of rotatable bonds is 4. The van der Waals surface area contributed by atoms with Crippen LogP contribution < -0.4 is 0 Å². The van der Waals surface area contributed by atoms with E-state index in [1.807, 2.05) is 59.3 Å². The third-order valence-corrected chi connectivity index (χ3v) is 5.77. The van der Waals surface area contributed by atoms with Crippen LogP contribution in [0.2, 0.25) is 0 Å². The van der Waals surface area contributed by atoms with E-state index < -0.39 is 0 Å². The molecule has 1 aliphatic heterocycles. The van der Waals surface area contributed by atoms with Crippen molar-refractivity contribution >= 4 is 29.1 Å². The maximum absolute atomic E-state index is 12.0. The van der Waals surface area contributed by atoms with Crippen molar-refractivity contribution in [1.82, 2.24) is 14.8 Å². The fraction of sp³-hybridized carbons (Fsp3) is 0.235. The van der Waals surface area contributed by atoms with E-state index in [-0.39, 0.29) is 17.3 Å². The van der Waals surface area contributed by atoms with Crippen LogP contribution in [0.25, 0.3) is 16.4 Å². The molecule has 122 valence electrons. The molecule has 3 aromatic rings. The lowest BCUT2D eigenvalue weighted by Gasteiger charge is -2.10. The average Bonchev–Trinajstić information content (AvgIpc) is 3.29. The topological polar surface area (TPSA) is 57.0 Å². The molecule has 0 saturated carbocycles. The van der Waals surface area contributed by atoms with Crippen molar-refractivity contribution in [1.29, 1.82) is 0 Å². The van der Waals surface area contributed by atoms with E-state index in [1.54, 1.807) is 11.3 Å². The SMILES string of the molecule is C[C@H]1C[C@H](Sc2nnc(-c3cccs3)n2-c2ccccc2)C(=O)O1. The highest BCUT2D eigenvalue weighted by molar-refractivity contribution is 8.00. The summed E-state index contributed by atoms with van der Waals surface area (Å²) >= 11 is 3.04. The van der Waals surface area contributed by atoms with Gasteiger partial charge in [-0.15, -0.1) is 21.5 Å². The number of esters is 1. The number of benzene rings is 1. The van der Waals surface area contributed by atoms with Gasteiger partial charge in [-0.3, -0.25) is 9.36 Å². The van der Waals surface area contributed by atoms with Crippen LogP contribution in [-0.2, 0) is 9.53 Å². The van der Waals surface area contributed by atoms with E-state index in [0.717, 1.165) is 16.4 Å².